The first-order chi connectivity index (χ1) is 12.8. The number of benzene rings is 2. The number of carbonyl (C=O) groups is 1. The number of anilines is 1. The Morgan fingerprint density at radius 2 is 1.81 bits per heavy atom. The van der Waals surface area contributed by atoms with Crippen LogP contribution in [0.15, 0.2) is 41.3 Å². The highest BCUT2D eigenvalue weighted by Crippen LogP contribution is 2.26. The van der Waals surface area contributed by atoms with Crippen molar-refractivity contribution in [3.8, 4) is 0 Å². The van der Waals surface area contributed by atoms with Gasteiger partial charge in [-0.2, -0.15) is 4.31 Å². The molecule has 0 radical (unpaired) electrons. The van der Waals surface area contributed by atoms with Crippen LogP contribution in [0.2, 0.25) is 10.0 Å². The number of nitrogens with zero attached hydrogens (tertiary/aromatic N) is 1. The van der Waals surface area contributed by atoms with Crippen molar-refractivity contribution in [1.29, 1.82) is 0 Å². The third-order valence-electron chi connectivity index (χ3n) is 4.24. The molecule has 3 rings (SSSR count). The van der Waals surface area contributed by atoms with E-state index in [4.69, 9.17) is 27.9 Å². The number of sulfonamides is 1. The molecule has 0 atom stereocenters. The fourth-order valence-corrected chi connectivity index (χ4v) is 4.62. The predicted octanol–water partition coefficient (Wildman–Crippen LogP) is 3.58. The Hall–Kier alpha value is -1.64. The quantitative estimate of drug-likeness (QED) is 0.807. The second kappa shape index (κ2) is 8.16. The van der Waals surface area contributed by atoms with Gasteiger partial charge in [0.2, 0.25) is 10.0 Å². The van der Waals surface area contributed by atoms with Crippen molar-refractivity contribution in [2.45, 2.75) is 11.8 Å². The average Bonchev–Trinajstić information content (AvgIpc) is 2.64. The van der Waals surface area contributed by atoms with Gasteiger partial charge in [0.15, 0.2) is 0 Å². The molecule has 0 aliphatic carbocycles. The molecule has 0 spiro atoms. The SMILES string of the molecule is Cc1ccc(S(=O)(=O)N2CCOCC2)cc1NC(=O)c1ccc(Cl)cc1Cl. The topological polar surface area (TPSA) is 75.7 Å². The summed E-state index contributed by atoms with van der Waals surface area (Å²) < 4.78 is 32.2. The van der Waals surface area contributed by atoms with E-state index in [1.54, 1.807) is 19.1 Å². The van der Waals surface area contributed by atoms with E-state index < -0.39 is 15.9 Å². The largest absolute Gasteiger partial charge is 0.379 e. The normalized spacial score (nSPS) is 15.5. The van der Waals surface area contributed by atoms with E-state index in [2.05, 4.69) is 5.32 Å². The van der Waals surface area contributed by atoms with E-state index in [-0.39, 0.29) is 15.5 Å². The Morgan fingerprint density at radius 1 is 1.11 bits per heavy atom. The van der Waals surface area contributed by atoms with Crippen molar-refractivity contribution >= 4 is 44.8 Å². The lowest BCUT2D eigenvalue weighted by molar-refractivity contribution is 0.0730. The predicted molar refractivity (Wildman–Crippen MR) is 105 cm³/mol. The first kappa shape index (κ1) is 20.1. The molecule has 0 bridgehead atoms. The highest BCUT2D eigenvalue weighted by Gasteiger charge is 2.27. The third-order valence-corrected chi connectivity index (χ3v) is 6.68. The molecule has 6 nitrogen and oxygen atoms in total. The van der Waals surface area contributed by atoms with Crippen LogP contribution in [-0.2, 0) is 14.8 Å². The van der Waals surface area contributed by atoms with Gasteiger partial charge in [-0.25, -0.2) is 8.42 Å². The summed E-state index contributed by atoms with van der Waals surface area (Å²) in [6, 6.07) is 9.21. The van der Waals surface area contributed by atoms with Crippen molar-refractivity contribution in [2.24, 2.45) is 0 Å². The summed E-state index contributed by atoms with van der Waals surface area (Å²) in [5.74, 6) is -0.444. The number of hydrogen-bond donors (Lipinski definition) is 1. The second-order valence-electron chi connectivity index (χ2n) is 6.07. The highest BCUT2D eigenvalue weighted by atomic mass is 35.5. The molecule has 1 aliphatic heterocycles. The van der Waals surface area contributed by atoms with Gasteiger partial charge in [0.05, 0.1) is 28.7 Å². The van der Waals surface area contributed by atoms with Crippen molar-refractivity contribution in [1.82, 2.24) is 4.31 Å². The maximum absolute atomic E-state index is 12.8. The number of nitrogens with one attached hydrogen (secondary N) is 1. The zero-order valence-electron chi connectivity index (χ0n) is 14.5. The number of hydrogen-bond acceptors (Lipinski definition) is 4. The molecule has 2 aromatic carbocycles. The van der Waals surface area contributed by atoms with Gasteiger partial charge in [-0.15, -0.1) is 0 Å². The summed E-state index contributed by atoms with van der Waals surface area (Å²) in [7, 11) is -3.66. The van der Waals surface area contributed by atoms with Crippen LogP contribution in [0.4, 0.5) is 5.69 Å². The van der Waals surface area contributed by atoms with Crippen molar-refractivity contribution in [3.63, 3.8) is 0 Å². The van der Waals surface area contributed by atoms with Crippen LogP contribution in [0.3, 0.4) is 0 Å². The summed E-state index contributed by atoms with van der Waals surface area (Å²) in [6.07, 6.45) is 0. The number of aryl methyl sites for hydroxylation is 1. The summed E-state index contributed by atoms with van der Waals surface area (Å²) in [4.78, 5) is 12.7. The lowest BCUT2D eigenvalue weighted by Gasteiger charge is -2.26. The van der Waals surface area contributed by atoms with Gasteiger partial charge < -0.3 is 10.1 Å². The van der Waals surface area contributed by atoms with E-state index in [1.165, 1.54) is 28.6 Å². The van der Waals surface area contributed by atoms with E-state index in [0.717, 1.165) is 5.56 Å². The molecule has 2 aromatic rings. The Balaban J connectivity index is 1.88. The zero-order chi connectivity index (χ0) is 19.6. The first-order valence-electron chi connectivity index (χ1n) is 8.24. The number of amides is 1. The van der Waals surface area contributed by atoms with Crippen LogP contribution in [0.1, 0.15) is 15.9 Å². The van der Waals surface area contributed by atoms with Crippen molar-refractivity contribution < 1.29 is 17.9 Å². The molecule has 1 heterocycles. The molecule has 1 saturated heterocycles. The molecule has 9 heteroatoms. The van der Waals surface area contributed by atoms with Gasteiger partial charge >= 0.3 is 0 Å². The van der Waals surface area contributed by atoms with Gasteiger partial charge in [0.1, 0.15) is 0 Å². The first-order valence-corrected chi connectivity index (χ1v) is 10.4. The number of ether oxygens (including phenoxy) is 1. The molecule has 0 unspecified atom stereocenters. The molecule has 0 saturated carbocycles. The molecule has 27 heavy (non-hydrogen) atoms. The van der Waals surface area contributed by atoms with Gasteiger partial charge in [-0.05, 0) is 42.8 Å². The van der Waals surface area contributed by atoms with Crippen LogP contribution in [0.5, 0.6) is 0 Å². The maximum Gasteiger partial charge on any atom is 0.257 e. The lowest BCUT2D eigenvalue weighted by Crippen LogP contribution is -2.40. The average molecular weight is 429 g/mol. The Labute approximate surface area is 168 Å². The van der Waals surface area contributed by atoms with Crippen molar-refractivity contribution in [2.75, 3.05) is 31.6 Å². The highest BCUT2D eigenvalue weighted by molar-refractivity contribution is 7.89. The molecule has 0 aromatic heterocycles. The van der Waals surface area contributed by atoms with Crippen LogP contribution >= 0.6 is 23.2 Å². The summed E-state index contributed by atoms with van der Waals surface area (Å²) in [6.45, 7) is 3.12. The number of morpholine rings is 1. The molecule has 1 fully saturated rings. The fourth-order valence-electron chi connectivity index (χ4n) is 2.70. The molecular weight excluding hydrogens is 411 g/mol. The minimum absolute atomic E-state index is 0.118. The van der Waals surface area contributed by atoms with Crippen LogP contribution in [-0.4, -0.2) is 44.9 Å². The molecule has 1 amide bonds. The Morgan fingerprint density at radius 3 is 2.48 bits per heavy atom. The Kier molecular flexibility index (Phi) is 6.08. The Bertz CT molecular complexity index is 973. The van der Waals surface area contributed by atoms with Crippen LogP contribution in [0, 0.1) is 6.92 Å². The van der Waals surface area contributed by atoms with E-state index >= 15 is 0 Å². The van der Waals surface area contributed by atoms with E-state index in [0.29, 0.717) is 37.0 Å². The second-order valence-corrected chi connectivity index (χ2v) is 8.85. The maximum atomic E-state index is 12.8. The van der Waals surface area contributed by atoms with Gasteiger partial charge in [0, 0.05) is 23.8 Å². The smallest absolute Gasteiger partial charge is 0.257 e. The standard InChI is InChI=1S/C18H18Cl2N2O4S/c1-12-2-4-14(27(24,25)22-6-8-26-9-7-22)11-17(12)21-18(23)15-5-3-13(19)10-16(15)20/h2-5,10-11H,6-9H2,1H3,(H,21,23). The summed E-state index contributed by atoms with van der Waals surface area (Å²) in [5, 5.41) is 3.37. The summed E-state index contributed by atoms with van der Waals surface area (Å²) >= 11 is 11.9. The third kappa shape index (κ3) is 4.44. The van der Waals surface area contributed by atoms with E-state index in [1.807, 2.05) is 0 Å². The molecule has 144 valence electrons. The number of rotatable bonds is 4. The zero-order valence-corrected chi connectivity index (χ0v) is 16.9. The monoisotopic (exact) mass is 428 g/mol. The van der Waals surface area contributed by atoms with E-state index in [9.17, 15) is 13.2 Å². The van der Waals surface area contributed by atoms with Gasteiger partial charge in [-0.1, -0.05) is 29.3 Å². The van der Waals surface area contributed by atoms with Crippen molar-refractivity contribution in [3.05, 3.63) is 57.6 Å². The number of carbonyl (C=O) groups excluding carboxylic acids is 1. The van der Waals surface area contributed by atoms with Gasteiger partial charge in [-0.3, -0.25) is 4.79 Å². The molecule has 1 aliphatic rings. The molecule has 1 N–H and O–H groups in total. The molecular formula is C18H18Cl2N2O4S. The fraction of sp³-hybridized carbons (Fsp3) is 0.278. The minimum Gasteiger partial charge on any atom is -0.379 e. The van der Waals surface area contributed by atoms with Gasteiger partial charge in [0.25, 0.3) is 5.91 Å². The van der Waals surface area contributed by atoms with Crippen LogP contribution < -0.4 is 5.32 Å². The van der Waals surface area contributed by atoms with Crippen LogP contribution in [0.25, 0.3) is 0 Å². The lowest BCUT2D eigenvalue weighted by atomic mass is 10.1. The minimum atomic E-state index is -3.66. The summed E-state index contributed by atoms with van der Waals surface area (Å²) in [5.41, 5.74) is 1.39. The number of halogens is 2.